The van der Waals surface area contributed by atoms with Crippen molar-refractivity contribution in [1.29, 1.82) is 0 Å². The highest BCUT2D eigenvalue weighted by atomic mass is 16.5. The highest BCUT2D eigenvalue weighted by Crippen LogP contribution is 2.35. The Morgan fingerprint density at radius 1 is 1.08 bits per heavy atom. The van der Waals surface area contributed by atoms with E-state index in [0.717, 1.165) is 19.6 Å². The van der Waals surface area contributed by atoms with Gasteiger partial charge in [-0.1, -0.05) is 65.3 Å². The van der Waals surface area contributed by atoms with Crippen LogP contribution in [0.5, 0.6) is 0 Å². The van der Waals surface area contributed by atoms with Crippen molar-refractivity contribution in [2.24, 2.45) is 5.41 Å². The second kappa shape index (κ2) is 9.19. The van der Waals surface area contributed by atoms with Crippen LogP contribution in [0, 0.1) is 5.41 Å². The summed E-state index contributed by atoms with van der Waals surface area (Å²) < 4.78 is 5.82. The van der Waals surface area contributed by atoms with Crippen molar-refractivity contribution in [1.82, 2.24) is 5.32 Å². The van der Waals surface area contributed by atoms with E-state index in [1.165, 1.54) is 49.7 Å². The van der Waals surface area contributed by atoms with Crippen LogP contribution in [0.4, 0.5) is 0 Å². The molecule has 0 aromatic heterocycles. The maximum Gasteiger partial charge on any atom is 0.108 e. The zero-order valence-corrected chi connectivity index (χ0v) is 17.2. The Balaban J connectivity index is 2.01. The lowest BCUT2D eigenvalue weighted by Gasteiger charge is -2.33. The Bertz CT molecular complexity index is 513. The summed E-state index contributed by atoms with van der Waals surface area (Å²) in [6, 6.07) is 9.04. The molecule has 2 unspecified atom stereocenters. The van der Waals surface area contributed by atoms with Gasteiger partial charge in [0.05, 0.1) is 0 Å². The van der Waals surface area contributed by atoms with E-state index in [1.807, 2.05) is 0 Å². The average molecular weight is 346 g/mol. The minimum absolute atomic E-state index is 0.206. The van der Waals surface area contributed by atoms with Gasteiger partial charge in [-0.15, -0.1) is 0 Å². The summed E-state index contributed by atoms with van der Waals surface area (Å²) in [5.74, 6) is 0. The van der Waals surface area contributed by atoms with Gasteiger partial charge in [0.25, 0.3) is 0 Å². The summed E-state index contributed by atoms with van der Waals surface area (Å²) in [5.41, 5.74) is 3.58. The lowest BCUT2D eigenvalue weighted by molar-refractivity contribution is -0.00685. The first-order valence-corrected chi connectivity index (χ1v) is 10.3. The van der Waals surface area contributed by atoms with Crippen LogP contribution in [0.3, 0.4) is 0 Å². The molecule has 2 atom stereocenters. The fraction of sp³-hybridized carbons (Fsp3) is 0.739. The van der Waals surface area contributed by atoms with Crippen LogP contribution in [-0.2, 0) is 16.6 Å². The fourth-order valence-electron chi connectivity index (χ4n) is 4.21. The molecule has 1 fully saturated rings. The van der Waals surface area contributed by atoms with Crippen LogP contribution in [0.1, 0.15) is 84.3 Å². The van der Waals surface area contributed by atoms with Crippen molar-refractivity contribution >= 4 is 0 Å². The monoisotopic (exact) mass is 345 g/mol. The molecule has 0 saturated carbocycles. The van der Waals surface area contributed by atoms with Gasteiger partial charge in [0.15, 0.2) is 0 Å². The van der Waals surface area contributed by atoms with Crippen molar-refractivity contribution in [3.05, 3.63) is 35.4 Å². The van der Waals surface area contributed by atoms with E-state index in [4.69, 9.17) is 4.74 Å². The Morgan fingerprint density at radius 3 is 2.48 bits per heavy atom. The first kappa shape index (κ1) is 20.5. The molecule has 0 amide bonds. The van der Waals surface area contributed by atoms with Gasteiger partial charge in [0.2, 0.25) is 0 Å². The molecule has 1 N–H and O–H groups in total. The Morgan fingerprint density at radius 2 is 1.84 bits per heavy atom. The predicted octanol–water partition coefficient (Wildman–Crippen LogP) is 5.84. The Hall–Kier alpha value is -0.860. The molecule has 142 valence electrons. The second-order valence-electron chi connectivity index (χ2n) is 9.20. The predicted molar refractivity (Wildman–Crippen MR) is 108 cm³/mol. The quantitative estimate of drug-likeness (QED) is 0.639. The van der Waals surface area contributed by atoms with Crippen LogP contribution in [0.2, 0.25) is 0 Å². The molecule has 0 radical (unpaired) electrons. The molecule has 0 spiro atoms. The second-order valence-corrected chi connectivity index (χ2v) is 9.20. The van der Waals surface area contributed by atoms with Gasteiger partial charge in [0.1, 0.15) is 6.23 Å². The number of hydrogen-bond donors (Lipinski definition) is 1. The summed E-state index contributed by atoms with van der Waals surface area (Å²) in [6.07, 6.45) is 8.85. The molecule has 1 aliphatic heterocycles. The summed E-state index contributed by atoms with van der Waals surface area (Å²) in [7, 11) is 0. The Kier molecular flexibility index (Phi) is 7.51. The normalized spacial score (nSPS) is 21.1. The van der Waals surface area contributed by atoms with Crippen molar-refractivity contribution in [3.8, 4) is 0 Å². The molecule has 2 nitrogen and oxygen atoms in total. The molecule has 2 heteroatoms. The van der Waals surface area contributed by atoms with Gasteiger partial charge in [-0.2, -0.15) is 0 Å². The van der Waals surface area contributed by atoms with E-state index < -0.39 is 0 Å². The number of hydrogen-bond acceptors (Lipinski definition) is 2. The lowest BCUT2D eigenvalue weighted by Crippen LogP contribution is -2.37. The zero-order chi connectivity index (χ0) is 18.3. The SMILES string of the molecule is CCCC(C)(CCNC1CCCCO1)Cc1ccccc1C(C)(C)C. The van der Waals surface area contributed by atoms with Gasteiger partial charge < -0.3 is 4.74 Å². The van der Waals surface area contributed by atoms with E-state index in [0.29, 0.717) is 5.41 Å². The summed E-state index contributed by atoms with van der Waals surface area (Å²) >= 11 is 0. The highest BCUT2D eigenvalue weighted by molar-refractivity contribution is 5.33. The lowest BCUT2D eigenvalue weighted by atomic mass is 9.73. The summed E-state index contributed by atoms with van der Waals surface area (Å²) in [4.78, 5) is 0. The van der Waals surface area contributed by atoms with Crippen molar-refractivity contribution in [3.63, 3.8) is 0 Å². The molecule has 0 bridgehead atoms. The van der Waals surface area contributed by atoms with Crippen LogP contribution >= 0.6 is 0 Å². The van der Waals surface area contributed by atoms with Crippen molar-refractivity contribution in [2.45, 2.75) is 91.2 Å². The Labute approximate surface area is 155 Å². The molecule has 2 rings (SSSR count). The van der Waals surface area contributed by atoms with E-state index in [-0.39, 0.29) is 11.6 Å². The molecule has 0 aliphatic carbocycles. The average Bonchev–Trinajstić information content (AvgIpc) is 2.55. The van der Waals surface area contributed by atoms with E-state index in [1.54, 1.807) is 0 Å². The van der Waals surface area contributed by atoms with E-state index in [9.17, 15) is 0 Å². The molecule has 1 aromatic carbocycles. The smallest absolute Gasteiger partial charge is 0.108 e. The minimum Gasteiger partial charge on any atom is -0.363 e. The van der Waals surface area contributed by atoms with Crippen LogP contribution in [-0.4, -0.2) is 19.4 Å². The minimum atomic E-state index is 0.206. The topological polar surface area (TPSA) is 21.3 Å². The number of rotatable bonds is 8. The first-order valence-electron chi connectivity index (χ1n) is 10.3. The van der Waals surface area contributed by atoms with Gasteiger partial charge in [0, 0.05) is 6.61 Å². The standard InChI is InChI=1S/C23H39NO/c1-6-14-23(5,15-16-24-21-13-9-10-17-25-21)18-19-11-7-8-12-20(19)22(2,3)4/h7-8,11-12,21,24H,6,9-10,13-18H2,1-5H3. The zero-order valence-electron chi connectivity index (χ0n) is 17.2. The maximum atomic E-state index is 5.82. The van der Waals surface area contributed by atoms with Gasteiger partial charge in [-0.05, 0) is 67.0 Å². The molecule has 1 aliphatic rings. The molecule has 1 saturated heterocycles. The van der Waals surface area contributed by atoms with Crippen LogP contribution in [0.15, 0.2) is 24.3 Å². The molecular weight excluding hydrogens is 306 g/mol. The van der Waals surface area contributed by atoms with Gasteiger partial charge in [-0.3, -0.25) is 5.32 Å². The molecular formula is C23H39NO. The molecule has 25 heavy (non-hydrogen) atoms. The fourth-order valence-corrected chi connectivity index (χ4v) is 4.21. The number of nitrogens with one attached hydrogen (secondary N) is 1. The summed E-state index contributed by atoms with van der Waals surface area (Å²) in [5, 5.41) is 3.64. The number of benzene rings is 1. The molecule has 1 heterocycles. The van der Waals surface area contributed by atoms with Crippen molar-refractivity contribution < 1.29 is 4.74 Å². The first-order chi connectivity index (χ1) is 11.8. The van der Waals surface area contributed by atoms with Gasteiger partial charge >= 0.3 is 0 Å². The maximum absolute atomic E-state index is 5.82. The van der Waals surface area contributed by atoms with Crippen LogP contribution in [0.25, 0.3) is 0 Å². The van der Waals surface area contributed by atoms with Crippen LogP contribution < -0.4 is 5.32 Å². The third kappa shape index (κ3) is 6.42. The van der Waals surface area contributed by atoms with E-state index >= 15 is 0 Å². The summed E-state index contributed by atoms with van der Waals surface area (Å²) in [6.45, 7) is 13.7. The third-order valence-corrected chi connectivity index (χ3v) is 5.58. The van der Waals surface area contributed by atoms with E-state index in [2.05, 4.69) is 64.2 Å². The highest BCUT2D eigenvalue weighted by Gasteiger charge is 2.27. The largest absolute Gasteiger partial charge is 0.363 e. The molecule has 1 aromatic rings. The third-order valence-electron chi connectivity index (χ3n) is 5.58. The van der Waals surface area contributed by atoms with Gasteiger partial charge in [-0.25, -0.2) is 0 Å². The van der Waals surface area contributed by atoms with Crippen molar-refractivity contribution in [2.75, 3.05) is 13.2 Å². The number of ether oxygens (including phenoxy) is 1.